The molecule has 0 bridgehead atoms. The molecule has 1 heterocycles. The predicted molar refractivity (Wildman–Crippen MR) is 63.5 cm³/mol. The van der Waals surface area contributed by atoms with E-state index in [9.17, 15) is 0 Å². The molecule has 1 aliphatic heterocycles. The van der Waals surface area contributed by atoms with E-state index in [1.165, 1.54) is 11.3 Å². The molecule has 0 saturated carbocycles. The minimum atomic E-state index is 0.127. The summed E-state index contributed by atoms with van der Waals surface area (Å²) >= 11 is 3.46. The zero-order valence-electron chi connectivity index (χ0n) is 7.91. The topological polar surface area (TPSA) is 29.3 Å². The first-order valence-electron chi connectivity index (χ1n) is 4.63. The summed E-state index contributed by atoms with van der Waals surface area (Å²) < 4.78 is 1.09. The number of fused-ring (bicyclic) bond motifs is 1. The Morgan fingerprint density at radius 3 is 3.14 bits per heavy atom. The van der Waals surface area contributed by atoms with Gasteiger partial charge in [-0.1, -0.05) is 22.0 Å². The molecule has 2 nitrogen and oxygen atoms in total. The second kappa shape index (κ2) is 3.75. The van der Waals surface area contributed by atoms with Gasteiger partial charge in [-0.05, 0) is 23.8 Å². The second-order valence-electron chi connectivity index (χ2n) is 3.50. The van der Waals surface area contributed by atoms with Gasteiger partial charge in [0.1, 0.15) is 0 Å². The van der Waals surface area contributed by atoms with Crippen LogP contribution in [0.3, 0.4) is 0 Å². The fourth-order valence-corrected chi connectivity index (χ4v) is 2.25. The van der Waals surface area contributed by atoms with Crippen LogP contribution in [0.25, 0.3) is 0 Å². The average molecular weight is 253 g/mol. The molecule has 1 aliphatic rings. The van der Waals surface area contributed by atoms with Crippen molar-refractivity contribution in [1.82, 2.24) is 0 Å². The van der Waals surface area contributed by atoms with Crippen LogP contribution in [0.4, 0.5) is 5.69 Å². The zero-order chi connectivity index (χ0) is 10.1. The third-order valence-electron chi connectivity index (χ3n) is 2.50. The number of rotatable bonds is 2. The molecule has 1 atom stereocenters. The standard InChI is InChI=1S/C11H13BrN2/c1-2-5-14-7-10(13)9-6-8(12)3-4-11(9)14/h2-4,6,10H,1,5,7,13H2/t10-/m1/s1. The summed E-state index contributed by atoms with van der Waals surface area (Å²) in [6.45, 7) is 5.50. The molecular weight excluding hydrogens is 240 g/mol. The molecule has 1 aromatic rings. The van der Waals surface area contributed by atoms with Gasteiger partial charge in [0.25, 0.3) is 0 Å². The van der Waals surface area contributed by atoms with Crippen LogP contribution in [0.15, 0.2) is 35.3 Å². The van der Waals surface area contributed by atoms with Crippen LogP contribution in [0.1, 0.15) is 11.6 Å². The van der Waals surface area contributed by atoms with Gasteiger partial charge in [-0.25, -0.2) is 0 Å². The van der Waals surface area contributed by atoms with Crippen LogP contribution < -0.4 is 10.6 Å². The number of hydrogen-bond acceptors (Lipinski definition) is 2. The first-order chi connectivity index (χ1) is 6.72. The summed E-state index contributed by atoms with van der Waals surface area (Å²) in [4.78, 5) is 2.25. The van der Waals surface area contributed by atoms with Crippen molar-refractivity contribution in [2.24, 2.45) is 5.73 Å². The Kier molecular flexibility index (Phi) is 2.61. The lowest BCUT2D eigenvalue weighted by atomic mass is 10.1. The maximum Gasteiger partial charge on any atom is 0.0494 e. The largest absolute Gasteiger partial charge is 0.366 e. The summed E-state index contributed by atoms with van der Waals surface area (Å²) in [6, 6.07) is 6.38. The maximum absolute atomic E-state index is 6.04. The lowest BCUT2D eigenvalue weighted by Crippen LogP contribution is -2.24. The van der Waals surface area contributed by atoms with Crippen LogP contribution in [0, 0.1) is 0 Å². The van der Waals surface area contributed by atoms with E-state index in [-0.39, 0.29) is 6.04 Å². The number of halogens is 1. The fraction of sp³-hybridized carbons (Fsp3) is 0.273. The van der Waals surface area contributed by atoms with E-state index in [1.54, 1.807) is 0 Å². The van der Waals surface area contributed by atoms with Gasteiger partial charge in [0, 0.05) is 29.3 Å². The van der Waals surface area contributed by atoms with Crippen molar-refractivity contribution >= 4 is 21.6 Å². The molecule has 74 valence electrons. The number of benzene rings is 1. The molecular formula is C11H13BrN2. The molecule has 0 fully saturated rings. The minimum absolute atomic E-state index is 0.127. The van der Waals surface area contributed by atoms with Crippen LogP contribution in [0.2, 0.25) is 0 Å². The smallest absolute Gasteiger partial charge is 0.0494 e. The Bertz CT molecular complexity index is 362. The van der Waals surface area contributed by atoms with Crippen LogP contribution in [0.5, 0.6) is 0 Å². The number of hydrogen-bond donors (Lipinski definition) is 1. The normalized spacial score (nSPS) is 19.6. The van der Waals surface area contributed by atoms with Gasteiger partial charge in [0.2, 0.25) is 0 Å². The van der Waals surface area contributed by atoms with Crippen molar-refractivity contribution in [1.29, 1.82) is 0 Å². The molecule has 0 aromatic heterocycles. The summed E-state index contributed by atoms with van der Waals surface area (Å²) in [5.41, 5.74) is 8.50. The Balaban J connectivity index is 2.39. The SMILES string of the molecule is C=CCN1C[C@@H](N)c2cc(Br)ccc21. The highest BCUT2D eigenvalue weighted by Crippen LogP contribution is 2.34. The quantitative estimate of drug-likeness (QED) is 0.820. The molecule has 2 N–H and O–H groups in total. The molecule has 0 radical (unpaired) electrons. The van der Waals surface area contributed by atoms with E-state index in [2.05, 4.69) is 39.5 Å². The minimum Gasteiger partial charge on any atom is -0.366 e. The van der Waals surface area contributed by atoms with Crippen molar-refractivity contribution in [2.75, 3.05) is 18.0 Å². The molecule has 0 amide bonds. The van der Waals surface area contributed by atoms with E-state index >= 15 is 0 Å². The molecule has 0 unspecified atom stereocenters. The van der Waals surface area contributed by atoms with E-state index in [0.29, 0.717) is 0 Å². The molecule has 14 heavy (non-hydrogen) atoms. The average Bonchev–Trinajstić information content (AvgIpc) is 2.44. The van der Waals surface area contributed by atoms with Crippen molar-refractivity contribution in [3.05, 3.63) is 40.9 Å². The summed E-state index contributed by atoms with van der Waals surface area (Å²) in [5, 5.41) is 0. The maximum atomic E-state index is 6.04. The van der Waals surface area contributed by atoms with Crippen molar-refractivity contribution in [3.63, 3.8) is 0 Å². The second-order valence-corrected chi connectivity index (χ2v) is 4.42. The van der Waals surface area contributed by atoms with Crippen molar-refractivity contribution in [2.45, 2.75) is 6.04 Å². The lowest BCUT2D eigenvalue weighted by molar-refractivity contribution is 0.745. The molecule has 0 saturated heterocycles. The molecule has 2 rings (SSSR count). The van der Waals surface area contributed by atoms with E-state index in [1.807, 2.05) is 12.1 Å². The Morgan fingerprint density at radius 1 is 1.64 bits per heavy atom. The first kappa shape index (κ1) is 9.74. The van der Waals surface area contributed by atoms with E-state index < -0.39 is 0 Å². The molecule has 1 aromatic carbocycles. The summed E-state index contributed by atoms with van der Waals surface area (Å²) in [5.74, 6) is 0. The number of nitrogens with two attached hydrogens (primary N) is 1. The Morgan fingerprint density at radius 2 is 2.43 bits per heavy atom. The van der Waals surface area contributed by atoms with Gasteiger partial charge in [-0.15, -0.1) is 6.58 Å². The van der Waals surface area contributed by atoms with Crippen LogP contribution in [-0.2, 0) is 0 Å². The zero-order valence-corrected chi connectivity index (χ0v) is 9.50. The van der Waals surface area contributed by atoms with Crippen LogP contribution >= 0.6 is 15.9 Å². The summed E-state index contributed by atoms with van der Waals surface area (Å²) in [7, 11) is 0. The highest BCUT2D eigenvalue weighted by Gasteiger charge is 2.24. The van der Waals surface area contributed by atoms with Gasteiger partial charge in [0.15, 0.2) is 0 Å². The van der Waals surface area contributed by atoms with Gasteiger partial charge >= 0.3 is 0 Å². The Hall–Kier alpha value is -0.800. The lowest BCUT2D eigenvalue weighted by Gasteiger charge is -2.16. The monoisotopic (exact) mass is 252 g/mol. The van der Waals surface area contributed by atoms with Crippen LogP contribution in [-0.4, -0.2) is 13.1 Å². The van der Waals surface area contributed by atoms with Gasteiger partial charge in [-0.2, -0.15) is 0 Å². The van der Waals surface area contributed by atoms with E-state index in [0.717, 1.165) is 17.6 Å². The van der Waals surface area contributed by atoms with Gasteiger partial charge < -0.3 is 10.6 Å². The summed E-state index contributed by atoms with van der Waals surface area (Å²) in [6.07, 6.45) is 1.91. The fourth-order valence-electron chi connectivity index (χ4n) is 1.87. The van der Waals surface area contributed by atoms with Gasteiger partial charge in [0.05, 0.1) is 0 Å². The van der Waals surface area contributed by atoms with Crippen molar-refractivity contribution in [3.8, 4) is 0 Å². The third kappa shape index (κ3) is 1.57. The van der Waals surface area contributed by atoms with Gasteiger partial charge in [-0.3, -0.25) is 0 Å². The van der Waals surface area contributed by atoms with Crippen molar-refractivity contribution < 1.29 is 0 Å². The highest BCUT2D eigenvalue weighted by atomic mass is 79.9. The number of nitrogens with zero attached hydrogens (tertiary/aromatic N) is 1. The first-order valence-corrected chi connectivity index (χ1v) is 5.42. The third-order valence-corrected chi connectivity index (χ3v) is 2.99. The molecule has 3 heteroatoms. The Labute approximate surface area is 92.5 Å². The molecule has 0 aliphatic carbocycles. The number of anilines is 1. The van der Waals surface area contributed by atoms with E-state index in [4.69, 9.17) is 5.73 Å². The molecule has 0 spiro atoms. The highest BCUT2D eigenvalue weighted by molar-refractivity contribution is 9.10. The predicted octanol–water partition coefficient (Wildman–Crippen LogP) is 2.45.